The molecule has 0 aliphatic rings. The zero-order valence-electron chi connectivity index (χ0n) is 10.3. The highest BCUT2D eigenvalue weighted by Crippen LogP contribution is 2.29. The molecular formula is C12H11BrN2O2S2. The molecule has 0 aliphatic heterocycles. The van der Waals surface area contributed by atoms with Crippen molar-refractivity contribution in [1.82, 2.24) is 10.2 Å². The fourth-order valence-corrected chi connectivity index (χ4v) is 3.91. The molecule has 0 radical (unpaired) electrons. The van der Waals surface area contributed by atoms with Gasteiger partial charge in [-0.2, -0.15) is 0 Å². The molecule has 0 N–H and O–H groups in total. The van der Waals surface area contributed by atoms with Crippen LogP contribution in [-0.2, 0) is 10.5 Å². The monoisotopic (exact) mass is 358 g/mol. The van der Waals surface area contributed by atoms with Gasteiger partial charge in [-0.1, -0.05) is 45.1 Å². The van der Waals surface area contributed by atoms with Crippen molar-refractivity contribution in [1.29, 1.82) is 0 Å². The van der Waals surface area contributed by atoms with Crippen molar-refractivity contribution in [2.45, 2.75) is 17.0 Å². The predicted octanol–water partition coefficient (Wildman–Crippen LogP) is 3.69. The molecule has 0 saturated carbocycles. The number of benzene rings is 1. The second-order valence-corrected chi connectivity index (χ2v) is 6.93. The molecule has 1 aromatic carbocycles. The Morgan fingerprint density at radius 3 is 2.84 bits per heavy atom. The van der Waals surface area contributed by atoms with Gasteiger partial charge < -0.3 is 4.74 Å². The number of carbonyl (C=O) groups is 1. The Hall–Kier alpha value is -0.920. The second-order valence-electron chi connectivity index (χ2n) is 3.67. The summed E-state index contributed by atoms with van der Waals surface area (Å²) < 4.78 is 6.52. The summed E-state index contributed by atoms with van der Waals surface area (Å²) >= 11 is 6.67. The zero-order valence-corrected chi connectivity index (χ0v) is 13.6. The van der Waals surface area contributed by atoms with E-state index in [1.807, 2.05) is 13.0 Å². The number of aryl methyl sites for hydroxylation is 1. The second kappa shape index (κ2) is 6.49. The normalized spacial score (nSPS) is 10.5. The van der Waals surface area contributed by atoms with E-state index in [4.69, 9.17) is 0 Å². The maximum Gasteiger partial charge on any atom is 0.337 e. The van der Waals surface area contributed by atoms with E-state index in [0.717, 1.165) is 25.1 Å². The molecule has 4 nitrogen and oxygen atoms in total. The topological polar surface area (TPSA) is 52.1 Å². The molecule has 0 spiro atoms. The first-order chi connectivity index (χ1) is 9.10. The average Bonchev–Trinajstić information content (AvgIpc) is 2.82. The van der Waals surface area contributed by atoms with Gasteiger partial charge in [0.1, 0.15) is 5.01 Å². The number of aromatic nitrogens is 2. The predicted molar refractivity (Wildman–Crippen MR) is 79.7 cm³/mol. The van der Waals surface area contributed by atoms with Gasteiger partial charge in [0, 0.05) is 10.2 Å². The number of rotatable bonds is 4. The third-order valence-corrected chi connectivity index (χ3v) is 5.09. The minimum atomic E-state index is -0.334. The van der Waals surface area contributed by atoms with E-state index in [0.29, 0.717) is 5.56 Å². The average molecular weight is 359 g/mol. The van der Waals surface area contributed by atoms with Crippen molar-refractivity contribution >= 4 is 45.0 Å². The van der Waals surface area contributed by atoms with Crippen LogP contribution in [0.1, 0.15) is 20.9 Å². The highest BCUT2D eigenvalue weighted by Gasteiger charge is 2.09. The van der Waals surface area contributed by atoms with Gasteiger partial charge in [0.05, 0.1) is 12.7 Å². The van der Waals surface area contributed by atoms with Gasteiger partial charge in [-0.05, 0) is 24.6 Å². The van der Waals surface area contributed by atoms with Crippen LogP contribution in [0, 0.1) is 6.92 Å². The fourth-order valence-electron chi connectivity index (χ4n) is 1.39. The van der Waals surface area contributed by atoms with E-state index >= 15 is 0 Å². The molecule has 0 fully saturated rings. The number of esters is 1. The third kappa shape index (κ3) is 3.77. The molecule has 0 amide bonds. The Morgan fingerprint density at radius 2 is 2.26 bits per heavy atom. The number of nitrogens with zero attached hydrogens (tertiary/aromatic N) is 2. The molecule has 1 aromatic heterocycles. The zero-order chi connectivity index (χ0) is 13.8. The van der Waals surface area contributed by atoms with E-state index in [1.54, 1.807) is 35.2 Å². The van der Waals surface area contributed by atoms with Gasteiger partial charge in [0.25, 0.3) is 0 Å². The highest BCUT2D eigenvalue weighted by molar-refractivity contribution is 9.10. The van der Waals surface area contributed by atoms with Crippen LogP contribution in [0.3, 0.4) is 0 Å². The first-order valence-corrected chi connectivity index (χ1v) is 7.99. The van der Waals surface area contributed by atoms with Crippen molar-refractivity contribution in [2.24, 2.45) is 0 Å². The molecule has 0 saturated heterocycles. The van der Waals surface area contributed by atoms with Gasteiger partial charge >= 0.3 is 5.97 Å². The summed E-state index contributed by atoms with van der Waals surface area (Å²) in [7, 11) is 1.37. The Bertz CT molecular complexity index is 601. The van der Waals surface area contributed by atoms with Gasteiger partial charge in [-0.15, -0.1) is 10.2 Å². The summed E-state index contributed by atoms with van der Waals surface area (Å²) in [5, 5.41) is 9.00. The lowest BCUT2D eigenvalue weighted by atomic mass is 10.1. The first kappa shape index (κ1) is 14.5. The summed E-state index contributed by atoms with van der Waals surface area (Å²) in [6.45, 7) is 1.93. The Kier molecular flexibility index (Phi) is 4.95. The van der Waals surface area contributed by atoms with E-state index in [9.17, 15) is 4.79 Å². The lowest BCUT2D eigenvalue weighted by molar-refractivity contribution is 0.0600. The quantitative estimate of drug-likeness (QED) is 0.616. The van der Waals surface area contributed by atoms with E-state index in [1.165, 1.54) is 7.11 Å². The number of hydrogen-bond acceptors (Lipinski definition) is 6. The molecule has 100 valence electrons. The lowest BCUT2D eigenvalue weighted by Crippen LogP contribution is -2.01. The summed E-state index contributed by atoms with van der Waals surface area (Å²) in [6.07, 6.45) is 0. The van der Waals surface area contributed by atoms with Crippen LogP contribution in [0.5, 0.6) is 0 Å². The van der Waals surface area contributed by atoms with Gasteiger partial charge in [0.2, 0.25) is 0 Å². The van der Waals surface area contributed by atoms with Crippen LogP contribution < -0.4 is 0 Å². The highest BCUT2D eigenvalue weighted by atomic mass is 79.9. The van der Waals surface area contributed by atoms with Crippen molar-refractivity contribution < 1.29 is 9.53 Å². The standard InChI is InChI=1S/C12H11BrN2O2S2/c1-7-14-15-12(19-7)18-6-9-4-3-8(5-10(9)13)11(16)17-2/h3-5H,6H2,1-2H3. The molecule has 2 aromatic rings. The SMILES string of the molecule is COC(=O)c1ccc(CSc2nnc(C)s2)c(Br)c1. The molecule has 0 atom stereocenters. The fraction of sp³-hybridized carbons (Fsp3) is 0.250. The van der Waals surface area contributed by atoms with Crippen LogP contribution in [0.4, 0.5) is 0 Å². The van der Waals surface area contributed by atoms with Crippen molar-refractivity contribution in [3.05, 3.63) is 38.8 Å². The minimum absolute atomic E-state index is 0.334. The number of thioether (sulfide) groups is 1. The number of ether oxygens (including phenoxy) is 1. The van der Waals surface area contributed by atoms with Gasteiger partial charge in [0.15, 0.2) is 4.34 Å². The maximum absolute atomic E-state index is 11.4. The summed E-state index contributed by atoms with van der Waals surface area (Å²) in [5.41, 5.74) is 1.64. The lowest BCUT2D eigenvalue weighted by Gasteiger charge is -2.05. The third-order valence-electron chi connectivity index (χ3n) is 2.33. The van der Waals surface area contributed by atoms with Crippen LogP contribution in [0.15, 0.2) is 27.0 Å². The summed E-state index contributed by atoms with van der Waals surface area (Å²) in [4.78, 5) is 11.4. The molecule has 1 heterocycles. The summed E-state index contributed by atoms with van der Waals surface area (Å²) in [5.74, 6) is 0.441. The maximum atomic E-state index is 11.4. The number of methoxy groups -OCH3 is 1. The van der Waals surface area contributed by atoms with Crippen molar-refractivity contribution in [2.75, 3.05) is 7.11 Å². The summed E-state index contributed by atoms with van der Waals surface area (Å²) in [6, 6.07) is 5.45. The van der Waals surface area contributed by atoms with E-state index in [-0.39, 0.29) is 5.97 Å². The first-order valence-electron chi connectivity index (χ1n) is 5.40. The molecule has 7 heteroatoms. The van der Waals surface area contributed by atoms with Gasteiger partial charge in [-0.3, -0.25) is 0 Å². The Morgan fingerprint density at radius 1 is 1.47 bits per heavy atom. The van der Waals surface area contributed by atoms with Crippen LogP contribution in [-0.4, -0.2) is 23.3 Å². The minimum Gasteiger partial charge on any atom is -0.465 e. The Balaban J connectivity index is 2.07. The van der Waals surface area contributed by atoms with Crippen molar-refractivity contribution in [3.8, 4) is 0 Å². The molecule has 0 unspecified atom stereocenters. The van der Waals surface area contributed by atoms with Crippen molar-refractivity contribution in [3.63, 3.8) is 0 Å². The number of carbonyl (C=O) groups excluding carboxylic acids is 1. The van der Waals surface area contributed by atoms with E-state index in [2.05, 4.69) is 30.9 Å². The van der Waals surface area contributed by atoms with Crippen LogP contribution in [0.2, 0.25) is 0 Å². The number of halogens is 1. The van der Waals surface area contributed by atoms with E-state index < -0.39 is 0 Å². The van der Waals surface area contributed by atoms with Crippen LogP contribution >= 0.6 is 39.0 Å². The Labute approximate surface area is 127 Å². The molecule has 19 heavy (non-hydrogen) atoms. The largest absolute Gasteiger partial charge is 0.465 e. The van der Waals surface area contributed by atoms with Gasteiger partial charge in [-0.25, -0.2) is 4.79 Å². The number of hydrogen-bond donors (Lipinski definition) is 0. The molecule has 0 aliphatic carbocycles. The molecule has 0 bridgehead atoms. The smallest absolute Gasteiger partial charge is 0.337 e. The van der Waals surface area contributed by atoms with Crippen LogP contribution in [0.25, 0.3) is 0 Å². The molecule has 2 rings (SSSR count). The molecular weight excluding hydrogens is 348 g/mol.